The van der Waals surface area contributed by atoms with E-state index in [9.17, 15) is 13.2 Å². The van der Waals surface area contributed by atoms with Gasteiger partial charge in [-0.05, 0) is 32.6 Å². The quantitative estimate of drug-likeness (QED) is 0.716. The minimum Gasteiger partial charge on any atom is -0.381 e. The Morgan fingerprint density at radius 2 is 1.67 bits per heavy atom. The first-order chi connectivity index (χ1) is 12.8. The summed E-state index contributed by atoms with van der Waals surface area (Å²) < 4.78 is 40.1. The van der Waals surface area contributed by atoms with E-state index in [2.05, 4.69) is 0 Å². The third-order valence-electron chi connectivity index (χ3n) is 6.73. The number of carbonyl (C=O) groups excluding carboxylic acids is 1. The molecule has 27 heavy (non-hydrogen) atoms. The van der Waals surface area contributed by atoms with E-state index in [1.807, 2.05) is 11.8 Å². The van der Waals surface area contributed by atoms with Crippen molar-refractivity contribution in [2.75, 3.05) is 20.8 Å². The number of amides is 1. The molecule has 0 aromatic carbocycles. The number of nitrogens with zero attached hydrogens (tertiary/aromatic N) is 2. The first-order valence-electron chi connectivity index (χ1n) is 10.2. The number of carbonyl (C=O) groups is 1. The summed E-state index contributed by atoms with van der Waals surface area (Å²) in [5.41, 5.74) is 0. The highest BCUT2D eigenvalue weighted by molar-refractivity contribution is 7.89. The molecule has 3 fully saturated rings. The van der Waals surface area contributed by atoms with E-state index in [0.717, 1.165) is 32.1 Å². The summed E-state index contributed by atoms with van der Waals surface area (Å²) in [5, 5.41) is -0.535. The van der Waals surface area contributed by atoms with Crippen molar-refractivity contribution in [3.05, 3.63) is 0 Å². The largest absolute Gasteiger partial charge is 0.381 e. The lowest BCUT2D eigenvalue weighted by atomic mass is 9.86. The van der Waals surface area contributed by atoms with Gasteiger partial charge in [-0.15, -0.1) is 0 Å². The average Bonchev–Trinajstić information content (AvgIpc) is 2.66. The van der Waals surface area contributed by atoms with Crippen molar-refractivity contribution in [3.63, 3.8) is 0 Å². The summed E-state index contributed by atoms with van der Waals surface area (Å²) in [4.78, 5) is 14.1. The van der Waals surface area contributed by atoms with Crippen LogP contribution in [0.3, 0.4) is 0 Å². The number of fused-ring (bicyclic) bond motifs is 1. The Morgan fingerprint density at radius 1 is 1.00 bits per heavy atom. The van der Waals surface area contributed by atoms with Crippen LogP contribution >= 0.6 is 0 Å². The summed E-state index contributed by atoms with van der Waals surface area (Å²) >= 11 is 0. The fourth-order valence-electron chi connectivity index (χ4n) is 5.44. The minimum absolute atomic E-state index is 0.00826. The van der Waals surface area contributed by atoms with Crippen LogP contribution < -0.4 is 0 Å². The molecule has 6 atom stereocenters. The molecule has 8 heteroatoms. The van der Waals surface area contributed by atoms with E-state index in [1.54, 1.807) is 25.4 Å². The van der Waals surface area contributed by atoms with Crippen LogP contribution in [0.4, 0.5) is 0 Å². The van der Waals surface area contributed by atoms with E-state index < -0.39 is 15.3 Å². The molecular formula is C19H34N2O5S. The van der Waals surface area contributed by atoms with Crippen LogP contribution in [0.5, 0.6) is 0 Å². The number of piperazine rings is 1. The summed E-state index contributed by atoms with van der Waals surface area (Å²) in [6.07, 6.45) is 5.36. The molecule has 2 aliphatic carbocycles. The Labute approximate surface area is 163 Å². The first-order valence-corrected chi connectivity index (χ1v) is 11.7. The molecule has 3 rings (SSSR count). The molecule has 3 aliphatic rings. The smallest absolute Gasteiger partial charge is 0.220 e. The molecule has 156 valence electrons. The van der Waals surface area contributed by atoms with Crippen LogP contribution in [0.15, 0.2) is 0 Å². The Balaban J connectivity index is 1.88. The Hall–Kier alpha value is -0.700. The highest BCUT2D eigenvalue weighted by Crippen LogP contribution is 2.38. The minimum atomic E-state index is -3.52. The zero-order valence-corrected chi connectivity index (χ0v) is 17.8. The Bertz CT molecular complexity index is 640. The lowest BCUT2D eigenvalue weighted by Gasteiger charge is -2.53. The molecule has 1 saturated heterocycles. The molecule has 0 bridgehead atoms. The molecule has 1 heterocycles. The number of methoxy groups -OCH3 is 2. The number of ether oxygens (including phenoxy) is 2. The highest BCUT2D eigenvalue weighted by atomic mass is 32.2. The van der Waals surface area contributed by atoms with Gasteiger partial charge in [0.1, 0.15) is 5.25 Å². The maximum absolute atomic E-state index is 13.7. The van der Waals surface area contributed by atoms with Crippen molar-refractivity contribution in [1.82, 2.24) is 9.21 Å². The van der Waals surface area contributed by atoms with Crippen molar-refractivity contribution >= 4 is 15.9 Å². The van der Waals surface area contributed by atoms with Gasteiger partial charge in [0, 0.05) is 52.2 Å². The van der Waals surface area contributed by atoms with E-state index in [0.29, 0.717) is 19.4 Å². The maximum Gasteiger partial charge on any atom is 0.220 e. The average molecular weight is 403 g/mol. The molecule has 0 radical (unpaired) electrons. The number of hydrogen-bond donors (Lipinski definition) is 0. The van der Waals surface area contributed by atoms with Crippen molar-refractivity contribution in [2.24, 2.45) is 0 Å². The second kappa shape index (κ2) is 8.35. The first kappa shape index (κ1) is 21.0. The normalized spacial score (nSPS) is 38.4. The number of rotatable bonds is 4. The fraction of sp³-hybridized carbons (Fsp3) is 0.947. The Morgan fingerprint density at radius 3 is 2.26 bits per heavy atom. The van der Waals surface area contributed by atoms with E-state index in [4.69, 9.17) is 9.47 Å². The molecule has 0 N–H and O–H groups in total. The summed E-state index contributed by atoms with van der Waals surface area (Å²) in [7, 11) is -0.259. The third-order valence-corrected chi connectivity index (χ3v) is 9.11. The van der Waals surface area contributed by atoms with Crippen LogP contribution in [0.25, 0.3) is 0 Å². The lowest BCUT2D eigenvalue weighted by molar-refractivity contribution is -0.139. The van der Waals surface area contributed by atoms with Crippen LogP contribution in [0, 0.1) is 0 Å². The Kier molecular flexibility index (Phi) is 6.50. The van der Waals surface area contributed by atoms with Gasteiger partial charge in [-0.2, -0.15) is 4.31 Å². The zero-order chi connectivity index (χ0) is 19.8. The molecule has 5 unspecified atom stereocenters. The predicted octanol–water partition coefficient (Wildman–Crippen LogP) is 1.76. The summed E-state index contributed by atoms with van der Waals surface area (Å²) in [6.45, 7) is 3.94. The second-order valence-corrected chi connectivity index (χ2v) is 10.4. The lowest BCUT2D eigenvalue weighted by Crippen LogP contribution is -2.67. The molecule has 2 saturated carbocycles. The van der Waals surface area contributed by atoms with Crippen LogP contribution in [-0.4, -0.2) is 79.9 Å². The standard InChI is InChI=1S/C19H34N2O5S/c1-13-12-20(16-7-5-6-8-17(16)21(13)14(2)22)27(23,24)19-10-9-15(25-3)11-18(19)26-4/h13,15-19H,5-12H2,1-4H3/t13-,15?,16?,17?,18?,19?/m0/s1. The monoisotopic (exact) mass is 402 g/mol. The van der Waals surface area contributed by atoms with Crippen LogP contribution in [-0.2, 0) is 24.3 Å². The number of sulfonamides is 1. The van der Waals surface area contributed by atoms with E-state index >= 15 is 0 Å². The van der Waals surface area contributed by atoms with Gasteiger partial charge in [-0.25, -0.2) is 8.42 Å². The van der Waals surface area contributed by atoms with Gasteiger partial charge in [-0.3, -0.25) is 4.79 Å². The van der Waals surface area contributed by atoms with E-state index in [-0.39, 0.29) is 36.2 Å². The van der Waals surface area contributed by atoms with Gasteiger partial charge >= 0.3 is 0 Å². The molecule has 7 nitrogen and oxygen atoms in total. The van der Waals surface area contributed by atoms with Gasteiger partial charge in [0.05, 0.1) is 12.2 Å². The van der Waals surface area contributed by atoms with Crippen molar-refractivity contribution in [1.29, 1.82) is 0 Å². The van der Waals surface area contributed by atoms with Crippen molar-refractivity contribution < 1.29 is 22.7 Å². The fourth-order valence-corrected chi connectivity index (χ4v) is 7.88. The van der Waals surface area contributed by atoms with Gasteiger partial charge in [0.25, 0.3) is 0 Å². The predicted molar refractivity (Wildman–Crippen MR) is 103 cm³/mol. The van der Waals surface area contributed by atoms with Gasteiger partial charge < -0.3 is 14.4 Å². The number of hydrogen-bond acceptors (Lipinski definition) is 5. The SMILES string of the molecule is COC1CCC(S(=O)(=O)N2C[C@H](C)N(C(C)=O)C3CCCCC32)C(OC)C1. The molecule has 1 aliphatic heterocycles. The molecule has 0 spiro atoms. The van der Waals surface area contributed by atoms with E-state index in [1.165, 1.54) is 0 Å². The summed E-state index contributed by atoms with van der Waals surface area (Å²) in [5.74, 6) is 0.0480. The second-order valence-electron chi connectivity index (χ2n) is 8.29. The van der Waals surface area contributed by atoms with Gasteiger partial charge in [-0.1, -0.05) is 12.8 Å². The van der Waals surface area contributed by atoms with Crippen LogP contribution in [0.1, 0.15) is 58.8 Å². The van der Waals surface area contributed by atoms with Gasteiger partial charge in [0.15, 0.2) is 0 Å². The topological polar surface area (TPSA) is 76.2 Å². The van der Waals surface area contributed by atoms with Crippen molar-refractivity contribution in [3.8, 4) is 0 Å². The molecular weight excluding hydrogens is 368 g/mol. The van der Waals surface area contributed by atoms with Crippen LogP contribution in [0.2, 0.25) is 0 Å². The highest BCUT2D eigenvalue weighted by Gasteiger charge is 2.50. The molecule has 1 amide bonds. The molecule has 0 aromatic rings. The zero-order valence-electron chi connectivity index (χ0n) is 17.0. The van der Waals surface area contributed by atoms with Gasteiger partial charge in [0.2, 0.25) is 15.9 Å². The summed E-state index contributed by atoms with van der Waals surface area (Å²) in [6, 6.07) is -0.222. The third kappa shape index (κ3) is 3.91. The molecule has 0 aromatic heterocycles. The van der Waals surface area contributed by atoms with Crippen molar-refractivity contribution in [2.45, 2.75) is 94.4 Å². The maximum atomic E-state index is 13.7.